The molecule has 2 atom stereocenters. The molecule has 100 valence electrons. The fourth-order valence-electron chi connectivity index (χ4n) is 2.83. The molecule has 3 heteroatoms. The van der Waals surface area contributed by atoms with Crippen LogP contribution in [0.4, 0.5) is 5.69 Å². The highest BCUT2D eigenvalue weighted by Gasteiger charge is 2.23. The topological polar surface area (TPSA) is 29.3 Å². The summed E-state index contributed by atoms with van der Waals surface area (Å²) in [6, 6.07) is 7.65. The molecule has 1 aliphatic rings. The van der Waals surface area contributed by atoms with Gasteiger partial charge >= 0.3 is 0 Å². The zero-order valence-corrected chi connectivity index (χ0v) is 12.9. The fourth-order valence-corrected chi connectivity index (χ4v) is 3.36. The molecule has 0 amide bonds. The molecule has 18 heavy (non-hydrogen) atoms. The van der Waals surface area contributed by atoms with Crippen LogP contribution in [-0.4, -0.2) is 18.6 Å². The Morgan fingerprint density at radius 2 is 2.28 bits per heavy atom. The molecule has 0 saturated carbocycles. The molecule has 0 bridgehead atoms. The number of halogens is 1. The van der Waals surface area contributed by atoms with E-state index in [1.165, 1.54) is 41.5 Å². The summed E-state index contributed by atoms with van der Waals surface area (Å²) in [4.78, 5) is 2.54. The maximum Gasteiger partial charge on any atom is 0.0380 e. The van der Waals surface area contributed by atoms with Crippen LogP contribution >= 0.6 is 15.9 Å². The first-order chi connectivity index (χ1) is 8.61. The van der Waals surface area contributed by atoms with Crippen molar-refractivity contribution in [1.29, 1.82) is 0 Å². The van der Waals surface area contributed by atoms with Gasteiger partial charge in [-0.25, -0.2) is 0 Å². The van der Waals surface area contributed by atoms with Gasteiger partial charge in [-0.2, -0.15) is 0 Å². The third-order valence-electron chi connectivity index (χ3n) is 3.76. The molecule has 0 radical (unpaired) electrons. The lowest BCUT2D eigenvalue weighted by Gasteiger charge is -2.26. The number of hydrogen-bond donors (Lipinski definition) is 1. The highest BCUT2D eigenvalue weighted by Crippen LogP contribution is 2.31. The summed E-state index contributed by atoms with van der Waals surface area (Å²) < 4.78 is 1.19. The predicted molar refractivity (Wildman–Crippen MR) is 82.2 cm³/mol. The Kier molecular flexibility index (Phi) is 4.68. The maximum atomic E-state index is 5.87. The number of hydrogen-bond acceptors (Lipinski definition) is 2. The monoisotopic (exact) mass is 310 g/mol. The Labute approximate surface area is 119 Å². The van der Waals surface area contributed by atoms with Crippen LogP contribution in [0.15, 0.2) is 22.7 Å². The van der Waals surface area contributed by atoms with Crippen molar-refractivity contribution in [3.63, 3.8) is 0 Å². The Morgan fingerprint density at radius 3 is 2.89 bits per heavy atom. The predicted octanol–water partition coefficient (Wildman–Crippen LogP) is 3.72. The van der Waals surface area contributed by atoms with Crippen LogP contribution < -0.4 is 10.6 Å². The van der Waals surface area contributed by atoms with E-state index in [0.29, 0.717) is 0 Å². The Hall–Kier alpha value is -0.540. The lowest BCUT2D eigenvalue weighted by Crippen LogP contribution is -2.28. The minimum Gasteiger partial charge on any atom is -0.369 e. The van der Waals surface area contributed by atoms with Crippen LogP contribution in [-0.2, 0) is 6.42 Å². The summed E-state index contributed by atoms with van der Waals surface area (Å²) in [6.07, 6.45) is 4.81. The van der Waals surface area contributed by atoms with Crippen LogP contribution in [0.1, 0.15) is 38.7 Å². The molecule has 2 unspecified atom stereocenters. The maximum absolute atomic E-state index is 5.87. The van der Waals surface area contributed by atoms with Crippen molar-refractivity contribution in [1.82, 2.24) is 0 Å². The highest BCUT2D eigenvalue weighted by molar-refractivity contribution is 9.10. The fraction of sp³-hybridized carbons (Fsp3) is 0.600. The van der Waals surface area contributed by atoms with Crippen molar-refractivity contribution in [2.24, 2.45) is 5.73 Å². The van der Waals surface area contributed by atoms with Gasteiger partial charge < -0.3 is 10.6 Å². The van der Waals surface area contributed by atoms with Crippen LogP contribution in [0, 0.1) is 0 Å². The molecule has 1 aromatic carbocycles. The van der Waals surface area contributed by atoms with Crippen LogP contribution in [0.2, 0.25) is 0 Å². The average molecular weight is 311 g/mol. The minimum atomic E-state index is 0.210. The van der Waals surface area contributed by atoms with Crippen LogP contribution in [0.3, 0.4) is 0 Å². The van der Waals surface area contributed by atoms with E-state index in [-0.39, 0.29) is 6.04 Å². The number of rotatable bonds is 4. The van der Waals surface area contributed by atoms with Crippen molar-refractivity contribution < 1.29 is 0 Å². The quantitative estimate of drug-likeness (QED) is 0.918. The summed E-state index contributed by atoms with van der Waals surface area (Å²) in [5, 5.41) is 0. The molecule has 1 aromatic rings. The van der Waals surface area contributed by atoms with Gasteiger partial charge in [0.1, 0.15) is 0 Å². The van der Waals surface area contributed by atoms with Gasteiger partial charge in [-0.15, -0.1) is 0 Å². The highest BCUT2D eigenvalue weighted by atomic mass is 79.9. The normalized spacial score (nSPS) is 21.3. The lowest BCUT2D eigenvalue weighted by atomic mass is 10.1. The summed E-state index contributed by atoms with van der Waals surface area (Å²) >= 11 is 3.68. The molecule has 0 spiro atoms. The van der Waals surface area contributed by atoms with Gasteiger partial charge in [0.15, 0.2) is 0 Å². The van der Waals surface area contributed by atoms with E-state index >= 15 is 0 Å². The van der Waals surface area contributed by atoms with Crippen molar-refractivity contribution in [3.05, 3.63) is 28.2 Å². The molecule has 1 heterocycles. The molecule has 1 aliphatic heterocycles. The largest absolute Gasteiger partial charge is 0.369 e. The summed E-state index contributed by atoms with van der Waals surface area (Å²) in [6.45, 7) is 5.52. The second-order valence-electron chi connectivity index (χ2n) is 5.35. The van der Waals surface area contributed by atoms with Crippen LogP contribution in [0.5, 0.6) is 0 Å². The van der Waals surface area contributed by atoms with Gasteiger partial charge in [0, 0.05) is 28.8 Å². The number of nitrogens with two attached hydrogens (primary N) is 1. The zero-order chi connectivity index (χ0) is 13.1. The second kappa shape index (κ2) is 6.07. The number of anilines is 1. The van der Waals surface area contributed by atoms with Crippen molar-refractivity contribution in [2.45, 2.75) is 51.6 Å². The van der Waals surface area contributed by atoms with E-state index in [2.05, 4.69) is 46.0 Å². The van der Waals surface area contributed by atoms with Crippen LogP contribution in [0.25, 0.3) is 0 Å². The van der Waals surface area contributed by atoms with Crippen molar-refractivity contribution >= 4 is 21.6 Å². The lowest BCUT2D eigenvalue weighted by molar-refractivity contribution is 0.645. The third kappa shape index (κ3) is 3.07. The van der Waals surface area contributed by atoms with E-state index in [4.69, 9.17) is 5.73 Å². The van der Waals surface area contributed by atoms with Gasteiger partial charge in [-0.1, -0.05) is 28.9 Å². The molecule has 0 aromatic heterocycles. The third-order valence-corrected chi connectivity index (χ3v) is 4.50. The zero-order valence-electron chi connectivity index (χ0n) is 11.3. The van der Waals surface area contributed by atoms with Gasteiger partial charge in [0.25, 0.3) is 0 Å². The molecule has 0 aliphatic carbocycles. The van der Waals surface area contributed by atoms with Gasteiger partial charge in [-0.3, -0.25) is 0 Å². The molecule has 1 saturated heterocycles. The summed E-state index contributed by atoms with van der Waals surface area (Å²) in [5.74, 6) is 0. The Morgan fingerprint density at radius 1 is 1.50 bits per heavy atom. The first-order valence-electron chi connectivity index (χ1n) is 6.92. The average Bonchev–Trinajstić information content (AvgIpc) is 2.79. The minimum absolute atomic E-state index is 0.210. The van der Waals surface area contributed by atoms with Gasteiger partial charge in [0.05, 0.1) is 0 Å². The van der Waals surface area contributed by atoms with E-state index in [1.54, 1.807) is 0 Å². The SMILES string of the molecule is CCC1CCCN1c1ccc(CC(C)N)c(Br)c1. The Bertz CT molecular complexity index is 403. The summed E-state index contributed by atoms with van der Waals surface area (Å²) in [5.41, 5.74) is 8.52. The first kappa shape index (κ1) is 13.9. The molecule has 2 N–H and O–H groups in total. The molecular formula is C15H23BrN2. The van der Waals surface area contributed by atoms with E-state index in [9.17, 15) is 0 Å². The Balaban J connectivity index is 2.18. The molecule has 2 rings (SSSR count). The number of nitrogens with zero attached hydrogens (tertiary/aromatic N) is 1. The van der Waals surface area contributed by atoms with Crippen molar-refractivity contribution in [2.75, 3.05) is 11.4 Å². The van der Waals surface area contributed by atoms with E-state index < -0.39 is 0 Å². The molecule has 1 fully saturated rings. The summed E-state index contributed by atoms with van der Waals surface area (Å²) in [7, 11) is 0. The smallest absolute Gasteiger partial charge is 0.0380 e. The van der Waals surface area contributed by atoms with E-state index in [0.717, 1.165) is 12.5 Å². The second-order valence-corrected chi connectivity index (χ2v) is 6.21. The first-order valence-corrected chi connectivity index (χ1v) is 7.71. The molecule has 2 nitrogen and oxygen atoms in total. The van der Waals surface area contributed by atoms with Gasteiger partial charge in [-0.05, 0) is 50.3 Å². The van der Waals surface area contributed by atoms with Crippen molar-refractivity contribution in [3.8, 4) is 0 Å². The van der Waals surface area contributed by atoms with E-state index in [1.807, 2.05) is 6.92 Å². The molecular weight excluding hydrogens is 288 g/mol. The number of benzene rings is 1. The van der Waals surface area contributed by atoms with Gasteiger partial charge in [0.2, 0.25) is 0 Å². The standard InChI is InChI=1S/C15H23BrN2/c1-3-13-5-4-8-18(13)14-7-6-12(9-11(2)17)15(16)10-14/h6-7,10-11,13H,3-5,8-9,17H2,1-2H3.